The number of nitrogens with one attached hydrogen (secondary N) is 1. The number of hydrogen-bond donors (Lipinski definition) is 1. The van der Waals surface area contributed by atoms with Crippen LogP contribution in [0.4, 0.5) is 5.13 Å². The van der Waals surface area contributed by atoms with Crippen LogP contribution >= 0.6 is 11.3 Å². The van der Waals surface area contributed by atoms with E-state index in [-0.39, 0.29) is 12.5 Å². The van der Waals surface area contributed by atoms with Crippen molar-refractivity contribution >= 4 is 22.4 Å². The van der Waals surface area contributed by atoms with Gasteiger partial charge >= 0.3 is 0 Å². The Labute approximate surface area is 122 Å². The minimum absolute atomic E-state index is 0.0728. The molecule has 0 fully saturated rings. The standard InChI is InChI=1S/C15H18N2O2S/c1-3-19-10-14(18)17-15-16-9-13(20-15)8-12-6-4-11(2)5-7-12/h4-7,9H,3,8,10H2,1-2H3,(H,16,17,18). The first kappa shape index (κ1) is 14.7. The highest BCUT2D eigenvalue weighted by Gasteiger charge is 2.07. The number of ether oxygens (including phenoxy) is 1. The van der Waals surface area contributed by atoms with E-state index in [1.165, 1.54) is 22.5 Å². The lowest BCUT2D eigenvalue weighted by Gasteiger charge is -2.01. The molecule has 2 aromatic rings. The van der Waals surface area contributed by atoms with Crippen LogP contribution in [-0.2, 0) is 16.0 Å². The van der Waals surface area contributed by atoms with Crippen LogP contribution in [0.2, 0.25) is 0 Å². The molecule has 1 aromatic carbocycles. The van der Waals surface area contributed by atoms with E-state index in [0.29, 0.717) is 11.7 Å². The lowest BCUT2D eigenvalue weighted by Crippen LogP contribution is -2.17. The predicted molar refractivity (Wildman–Crippen MR) is 81.2 cm³/mol. The maximum absolute atomic E-state index is 11.5. The third-order valence-corrected chi connectivity index (χ3v) is 3.65. The molecule has 0 radical (unpaired) electrons. The van der Waals surface area contributed by atoms with E-state index in [9.17, 15) is 4.79 Å². The number of nitrogens with zero attached hydrogens (tertiary/aromatic N) is 1. The molecule has 5 heteroatoms. The van der Waals surface area contributed by atoms with Gasteiger partial charge in [-0.2, -0.15) is 0 Å². The Morgan fingerprint density at radius 1 is 1.35 bits per heavy atom. The van der Waals surface area contributed by atoms with Crippen LogP contribution in [-0.4, -0.2) is 24.1 Å². The number of anilines is 1. The van der Waals surface area contributed by atoms with Gasteiger partial charge < -0.3 is 4.74 Å². The fourth-order valence-corrected chi connectivity index (χ4v) is 2.57. The fourth-order valence-electron chi connectivity index (χ4n) is 1.70. The van der Waals surface area contributed by atoms with Gasteiger partial charge in [-0.15, -0.1) is 11.3 Å². The third kappa shape index (κ3) is 4.43. The van der Waals surface area contributed by atoms with Crippen molar-refractivity contribution in [2.24, 2.45) is 0 Å². The van der Waals surface area contributed by atoms with E-state index >= 15 is 0 Å². The van der Waals surface area contributed by atoms with Crippen molar-refractivity contribution in [1.29, 1.82) is 0 Å². The molecular formula is C15H18N2O2S. The van der Waals surface area contributed by atoms with Gasteiger partial charge in [0.05, 0.1) is 0 Å². The molecule has 0 aliphatic heterocycles. The van der Waals surface area contributed by atoms with Gasteiger partial charge in [0.2, 0.25) is 0 Å². The van der Waals surface area contributed by atoms with Crippen molar-refractivity contribution in [3.8, 4) is 0 Å². The lowest BCUT2D eigenvalue weighted by molar-refractivity contribution is -0.120. The number of thiazole rings is 1. The van der Waals surface area contributed by atoms with Crippen molar-refractivity contribution < 1.29 is 9.53 Å². The Morgan fingerprint density at radius 3 is 2.80 bits per heavy atom. The SMILES string of the molecule is CCOCC(=O)Nc1ncc(Cc2ccc(C)cc2)s1. The zero-order valence-electron chi connectivity index (χ0n) is 11.7. The number of benzene rings is 1. The van der Waals surface area contributed by atoms with Crippen LogP contribution in [0, 0.1) is 6.92 Å². The average molecular weight is 290 g/mol. The molecule has 1 aromatic heterocycles. The highest BCUT2D eigenvalue weighted by molar-refractivity contribution is 7.15. The summed E-state index contributed by atoms with van der Waals surface area (Å²) in [5.74, 6) is -0.164. The molecule has 0 saturated carbocycles. The molecule has 0 atom stereocenters. The van der Waals surface area contributed by atoms with E-state index in [1.54, 1.807) is 6.20 Å². The highest BCUT2D eigenvalue weighted by atomic mass is 32.1. The molecule has 1 N–H and O–H groups in total. The van der Waals surface area contributed by atoms with Gasteiger partial charge in [-0.05, 0) is 19.4 Å². The Morgan fingerprint density at radius 2 is 2.10 bits per heavy atom. The van der Waals surface area contributed by atoms with Crippen LogP contribution in [0.25, 0.3) is 0 Å². The van der Waals surface area contributed by atoms with Crippen molar-refractivity contribution in [2.45, 2.75) is 20.3 Å². The van der Waals surface area contributed by atoms with Crippen molar-refractivity contribution in [2.75, 3.05) is 18.5 Å². The first-order valence-corrected chi connectivity index (χ1v) is 7.37. The Bertz CT molecular complexity index is 564. The topological polar surface area (TPSA) is 51.2 Å². The van der Waals surface area contributed by atoms with Gasteiger partial charge in [0.1, 0.15) is 6.61 Å². The number of aryl methyl sites for hydroxylation is 1. The number of carbonyl (C=O) groups is 1. The van der Waals surface area contributed by atoms with Gasteiger partial charge in [-0.1, -0.05) is 29.8 Å². The summed E-state index contributed by atoms with van der Waals surface area (Å²) in [5, 5.41) is 3.36. The minimum atomic E-state index is -0.164. The normalized spacial score (nSPS) is 10.5. The van der Waals surface area contributed by atoms with Crippen molar-refractivity contribution in [1.82, 2.24) is 4.98 Å². The summed E-state index contributed by atoms with van der Waals surface area (Å²) in [6, 6.07) is 8.42. The summed E-state index contributed by atoms with van der Waals surface area (Å²) in [7, 11) is 0. The van der Waals surface area contributed by atoms with Crippen LogP contribution in [0.5, 0.6) is 0 Å². The summed E-state index contributed by atoms with van der Waals surface area (Å²) < 4.78 is 5.05. The molecule has 4 nitrogen and oxygen atoms in total. The largest absolute Gasteiger partial charge is 0.372 e. The number of carbonyl (C=O) groups excluding carboxylic acids is 1. The van der Waals surface area contributed by atoms with Gasteiger partial charge in [0.25, 0.3) is 5.91 Å². The van der Waals surface area contributed by atoms with Crippen LogP contribution in [0.1, 0.15) is 22.9 Å². The first-order chi connectivity index (χ1) is 9.67. The zero-order valence-corrected chi connectivity index (χ0v) is 12.5. The smallest absolute Gasteiger partial charge is 0.252 e. The van der Waals surface area contributed by atoms with E-state index in [1.807, 2.05) is 6.92 Å². The van der Waals surface area contributed by atoms with Crippen LogP contribution in [0.15, 0.2) is 30.5 Å². The fraction of sp³-hybridized carbons (Fsp3) is 0.333. The second-order valence-electron chi connectivity index (χ2n) is 4.48. The van der Waals surface area contributed by atoms with E-state index in [0.717, 1.165) is 11.3 Å². The summed E-state index contributed by atoms with van der Waals surface area (Å²) >= 11 is 1.50. The number of hydrogen-bond acceptors (Lipinski definition) is 4. The third-order valence-electron chi connectivity index (χ3n) is 2.74. The first-order valence-electron chi connectivity index (χ1n) is 6.55. The van der Waals surface area contributed by atoms with Gasteiger partial charge in [-0.3, -0.25) is 10.1 Å². The zero-order chi connectivity index (χ0) is 14.4. The summed E-state index contributed by atoms with van der Waals surface area (Å²) in [4.78, 5) is 16.8. The van der Waals surface area contributed by atoms with E-state index < -0.39 is 0 Å². The predicted octanol–water partition coefficient (Wildman–Crippen LogP) is 3.02. The summed E-state index contributed by atoms with van der Waals surface area (Å²) in [6.45, 7) is 4.53. The van der Waals surface area contributed by atoms with Crippen LogP contribution < -0.4 is 5.32 Å². The van der Waals surface area contributed by atoms with Crippen molar-refractivity contribution in [3.63, 3.8) is 0 Å². The molecule has 20 heavy (non-hydrogen) atoms. The molecule has 0 aliphatic rings. The molecule has 0 bridgehead atoms. The second kappa shape index (κ2) is 7.17. The number of aromatic nitrogens is 1. The molecule has 106 valence electrons. The summed E-state index contributed by atoms with van der Waals surface area (Å²) in [6.07, 6.45) is 2.64. The molecule has 0 saturated heterocycles. The molecule has 1 amide bonds. The molecule has 2 rings (SSSR count). The quantitative estimate of drug-likeness (QED) is 0.889. The lowest BCUT2D eigenvalue weighted by atomic mass is 10.1. The molecule has 0 aliphatic carbocycles. The Kier molecular flexibility index (Phi) is 5.26. The highest BCUT2D eigenvalue weighted by Crippen LogP contribution is 2.21. The van der Waals surface area contributed by atoms with E-state index in [4.69, 9.17) is 4.74 Å². The Balaban J connectivity index is 1.91. The molecular weight excluding hydrogens is 272 g/mol. The van der Waals surface area contributed by atoms with Gasteiger partial charge in [0.15, 0.2) is 5.13 Å². The molecule has 0 unspecified atom stereocenters. The number of amides is 1. The van der Waals surface area contributed by atoms with Gasteiger partial charge in [0, 0.05) is 24.1 Å². The minimum Gasteiger partial charge on any atom is -0.372 e. The maximum Gasteiger partial charge on any atom is 0.252 e. The Hall–Kier alpha value is -1.72. The van der Waals surface area contributed by atoms with Gasteiger partial charge in [-0.25, -0.2) is 4.98 Å². The molecule has 1 heterocycles. The second-order valence-corrected chi connectivity index (χ2v) is 5.59. The monoisotopic (exact) mass is 290 g/mol. The summed E-state index contributed by atoms with van der Waals surface area (Å²) in [5.41, 5.74) is 2.49. The van der Waals surface area contributed by atoms with Crippen molar-refractivity contribution in [3.05, 3.63) is 46.5 Å². The van der Waals surface area contributed by atoms with Crippen LogP contribution in [0.3, 0.4) is 0 Å². The molecule has 0 spiro atoms. The maximum atomic E-state index is 11.5. The number of rotatable bonds is 6. The average Bonchev–Trinajstić information content (AvgIpc) is 2.86. The van der Waals surface area contributed by atoms with E-state index in [2.05, 4.69) is 41.5 Å².